The van der Waals surface area contributed by atoms with Crippen LogP contribution in [0.4, 0.5) is 0 Å². The van der Waals surface area contributed by atoms with Crippen LogP contribution in [-0.2, 0) is 18.9 Å². The van der Waals surface area contributed by atoms with Gasteiger partial charge in [-0.15, -0.1) is 0 Å². The largest absolute Gasteiger partial charge is 0.339 e. The molecule has 2 aromatic heterocycles. The van der Waals surface area contributed by atoms with E-state index in [2.05, 4.69) is 24.1 Å². The lowest BCUT2D eigenvalue weighted by Gasteiger charge is -2.24. The number of carbonyl (C=O) groups excluding carboxylic acids is 1. The van der Waals surface area contributed by atoms with Gasteiger partial charge in [-0.2, -0.15) is 10.1 Å². The Bertz CT molecular complexity index is 780. The molecule has 2 fully saturated rings. The van der Waals surface area contributed by atoms with Gasteiger partial charge in [0, 0.05) is 32.8 Å². The summed E-state index contributed by atoms with van der Waals surface area (Å²) in [6.45, 7) is 5.70. The standard InChI is InChI=1S/C18H25N5O2/c1-12(2)9-15-19-17(21-25-15)18-7-4-5-13(18)10-23(11-18)16(24)14-6-8-22(3)20-14/h6,8,12-13H,4-5,7,9-11H2,1-3H3. The van der Waals surface area contributed by atoms with Crippen molar-refractivity contribution in [3.05, 3.63) is 29.7 Å². The van der Waals surface area contributed by atoms with Crippen LogP contribution in [0.3, 0.4) is 0 Å². The van der Waals surface area contributed by atoms with Crippen LogP contribution in [0, 0.1) is 11.8 Å². The van der Waals surface area contributed by atoms with E-state index in [-0.39, 0.29) is 11.3 Å². The van der Waals surface area contributed by atoms with Crippen LogP contribution in [0.5, 0.6) is 0 Å². The molecule has 0 radical (unpaired) electrons. The fraction of sp³-hybridized carbons (Fsp3) is 0.667. The maximum atomic E-state index is 12.8. The van der Waals surface area contributed by atoms with Gasteiger partial charge in [0.1, 0.15) is 5.69 Å². The second kappa shape index (κ2) is 5.97. The summed E-state index contributed by atoms with van der Waals surface area (Å²) < 4.78 is 7.16. The van der Waals surface area contributed by atoms with Crippen molar-refractivity contribution in [3.63, 3.8) is 0 Å². The number of nitrogens with zero attached hydrogens (tertiary/aromatic N) is 5. The molecule has 7 nitrogen and oxygen atoms in total. The zero-order valence-corrected chi connectivity index (χ0v) is 15.1. The molecule has 1 aliphatic heterocycles. The number of amides is 1. The summed E-state index contributed by atoms with van der Waals surface area (Å²) in [4.78, 5) is 19.4. The van der Waals surface area contributed by atoms with E-state index in [1.54, 1.807) is 16.9 Å². The van der Waals surface area contributed by atoms with Crippen LogP contribution in [0.25, 0.3) is 0 Å². The SMILES string of the molecule is CC(C)Cc1nc(C23CCCC2CN(C(=O)c2ccn(C)n2)C3)no1. The zero-order valence-electron chi connectivity index (χ0n) is 15.1. The van der Waals surface area contributed by atoms with E-state index in [1.165, 1.54) is 0 Å². The summed E-state index contributed by atoms with van der Waals surface area (Å²) in [5.41, 5.74) is 0.356. The molecule has 25 heavy (non-hydrogen) atoms. The van der Waals surface area contributed by atoms with Gasteiger partial charge in [0.2, 0.25) is 5.89 Å². The lowest BCUT2D eigenvalue weighted by molar-refractivity contribution is 0.0770. The third-order valence-electron chi connectivity index (χ3n) is 5.59. The van der Waals surface area contributed by atoms with Crippen molar-refractivity contribution >= 4 is 5.91 Å². The highest BCUT2D eigenvalue weighted by Gasteiger charge is 2.54. The third-order valence-corrected chi connectivity index (χ3v) is 5.59. The fourth-order valence-corrected chi connectivity index (χ4v) is 4.39. The van der Waals surface area contributed by atoms with E-state index >= 15 is 0 Å². The van der Waals surface area contributed by atoms with Crippen LogP contribution in [0.1, 0.15) is 55.3 Å². The van der Waals surface area contributed by atoms with Gasteiger partial charge in [-0.3, -0.25) is 9.48 Å². The smallest absolute Gasteiger partial charge is 0.274 e. The van der Waals surface area contributed by atoms with Gasteiger partial charge in [0.05, 0.1) is 5.41 Å². The van der Waals surface area contributed by atoms with Gasteiger partial charge < -0.3 is 9.42 Å². The number of aryl methyl sites for hydroxylation is 1. The van der Waals surface area contributed by atoms with E-state index in [0.717, 1.165) is 38.1 Å². The molecule has 4 rings (SSSR count). The molecule has 3 heterocycles. The Morgan fingerprint density at radius 1 is 1.48 bits per heavy atom. The average Bonchev–Trinajstić information content (AvgIpc) is 3.27. The number of aromatic nitrogens is 4. The lowest BCUT2D eigenvalue weighted by atomic mass is 9.80. The van der Waals surface area contributed by atoms with Gasteiger partial charge in [0.15, 0.2) is 5.82 Å². The second-order valence-electron chi connectivity index (χ2n) is 7.92. The Morgan fingerprint density at radius 3 is 3.04 bits per heavy atom. The first-order valence-electron chi connectivity index (χ1n) is 9.10. The number of fused-ring (bicyclic) bond motifs is 1. The van der Waals surface area contributed by atoms with Crippen molar-refractivity contribution in [2.24, 2.45) is 18.9 Å². The molecule has 7 heteroatoms. The Hall–Kier alpha value is -2.18. The molecular weight excluding hydrogens is 318 g/mol. The molecule has 2 aromatic rings. The molecule has 0 N–H and O–H groups in total. The van der Waals surface area contributed by atoms with Crippen LogP contribution in [-0.4, -0.2) is 43.8 Å². The van der Waals surface area contributed by atoms with Crippen molar-refractivity contribution < 1.29 is 9.32 Å². The van der Waals surface area contributed by atoms with Crippen molar-refractivity contribution in [1.82, 2.24) is 24.8 Å². The van der Waals surface area contributed by atoms with Crippen molar-refractivity contribution in [3.8, 4) is 0 Å². The highest BCUT2D eigenvalue weighted by Crippen LogP contribution is 2.49. The van der Waals surface area contributed by atoms with Gasteiger partial charge >= 0.3 is 0 Å². The minimum absolute atomic E-state index is 0.000254. The minimum Gasteiger partial charge on any atom is -0.339 e. The molecule has 1 saturated heterocycles. The van der Waals surface area contributed by atoms with E-state index in [1.807, 2.05) is 11.9 Å². The number of hydrogen-bond donors (Lipinski definition) is 0. The first-order valence-corrected chi connectivity index (χ1v) is 9.10. The van der Waals surface area contributed by atoms with Gasteiger partial charge in [0.25, 0.3) is 5.91 Å². The summed E-state index contributed by atoms with van der Waals surface area (Å²) in [6.07, 6.45) is 5.89. The molecule has 1 saturated carbocycles. The summed E-state index contributed by atoms with van der Waals surface area (Å²) >= 11 is 0. The number of carbonyl (C=O) groups is 1. The number of likely N-dealkylation sites (tertiary alicyclic amines) is 1. The quantitative estimate of drug-likeness (QED) is 0.850. The summed E-state index contributed by atoms with van der Waals surface area (Å²) in [5, 5.41) is 8.57. The third kappa shape index (κ3) is 2.75. The molecule has 2 aliphatic rings. The summed E-state index contributed by atoms with van der Waals surface area (Å²) in [5.74, 6) is 2.39. The van der Waals surface area contributed by atoms with Crippen LogP contribution in [0.2, 0.25) is 0 Å². The normalized spacial score (nSPS) is 25.8. The maximum Gasteiger partial charge on any atom is 0.274 e. The molecule has 134 valence electrons. The van der Waals surface area contributed by atoms with Gasteiger partial charge in [-0.1, -0.05) is 25.4 Å². The number of rotatable bonds is 4. The topological polar surface area (TPSA) is 77.1 Å². The molecule has 0 spiro atoms. The molecular formula is C18H25N5O2. The highest BCUT2D eigenvalue weighted by atomic mass is 16.5. The Kier molecular flexibility index (Phi) is 3.89. The van der Waals surface area contributed by atoms with Crippen molar-refractivity contribution in [2.75, 3.05) is 13.1 Å². The molecule has 1 aliphatic carbocycles. The molecule has 0 aromatic carbocycles. The molecule has 2 atom stereocenters. The lowest BCUT2D eigenvalue weighted by Crippen LogP contribution is -2.35. The van der Waals surface area contributed by atoms with Gasteiger partial charge in [-0.25, -0.2) is 0 Å². The predicted octanol–water partition coefficient (Wildman–Crippen LogP) is 2.20. The summed E-state index contributed by atoms with van der Waals surface area (Å²) in [7, 11) is 1.83. The van der Waals surface area contributed by atoms with E-state index in [4.69, 9.17) is 9.51 Å². The Morgan fingerprint density at radius 2 is 2.32 bits per heavy atom. The molecule has 0 bridgehead atoms. The minimum atomic E-state index is -0.150. The van der Waals surface area contributed by atoms with Crippen molar-refractivity contribution in [1.29, 1.82) is 0 Å². The second-order valence-corrected chi connectivity index (χ2v) is 7.92. The Balaban J connectivity index is 1.58. The first-order chi connectivity index (χ1) is 12.0. The van der Waals surface area contributed by atoms with Crippen LogP contribution >= 0.6 is 0 Å². The first kappa shape index (κ1) is 16.3. The van der Waals surface area contributed by atoms with Crippen molar-refractivity contribution in [2.45, 2.75) is 44.9 Å². The Labute approximate surface area is 147 Å². The summed E-state index contributed by atoms with van der Waals surface area (Å²) in [6, 6.07) is 1.78. The van der Waals surface area contributed by atoms with E-state index in [9.17, 15) is 4.79 Å². The van der Waals surface area contributed by atoms with Crippen LogP contribution in [0.15, 0.2) is 16.8 Å². The molecule has 1 amide bonds. The van der Waals surface area contributed by atoms with Crippen LogP contribution < -0.4 is 0 Å². The highest BCUT2D eigenvalue weighted by molar-refractivity contribution is 5.92. The fourth-order valence-electron chi connectivity index (χ4n) is 4.39. The average molecular weight is 343 g/mol. The zero-order chi connectivity index (χ0) is 17.6. The molecule has 2 unspecified atom stereocenters. The van der Waals surface area contributed by atoms with E-state index < -0.39 is 0 Å². The number of hydrogen-bond acceptors (Lipinski definition) is 5. The predicted molar refractivity (Wildman–Crippen MR) is 91.0 cm³/mol. The monoisotopic (exact) mass is 343 g/mol. The van der Waals surface area contributed by atoms with Gasteiger partial charge in [-0.05, 0) is 30.7 Å². The maximum absolute atomic E-state index is 12.8. The van der Waals surface area contributed by atoms with E-state index in [0.29, 0.717) is 30.0 Å².